The number of amidine groups is 1. The number of nitrogens with zero attached hydrogens (tertiary/aromatic N) is 1. The molecular formula is C27H26N4O6. The monoisotopic (exact) mass is 502 g/mol. The van der Waals surface area contributed by atoms with Crippen molar-refractivity contribution >= 4 is 29.4 Å². The number of anilines is 1. The second kappa shape index (κ2) is 10.4. The Kier molecular flexibility index (Phi) is 7.10. The molecule has 3 aromatic rings. The van der Waals surface area contributed by atoms with Crippen LogP contribution in [0.15, 0.2) is 54.6 Å². The molecule has 6 N–H and O–H groups in total. The van der Waals surface area contributed by atoms with E-state index in [9.17, 15) is 19.5 Å². The highest BCUT2D eigenvalue weighted by molar-refractivity contribution is 6.00. The van der Waals surface area contributed by atoms with Gasteiger partial charge < -0.3 is 30.9 Å². The van der Waals surface area contributed by atoms with Crippen molar-refractivity contribution < 1.29 is 29.3 Å². The zero-order valence-corrected chi connectivity index (χ0v) is 20.1. The highest BCUT2D eigenvalue weighted by atomic mass is 16.5. The fourth-order valence-electron chi connectivity index (χ4n) is 4.43. The van der Waals surface area contributed by atoms with Crippen LogP contribution >= 0.6 is 0 Å². The van der Waals surface area contributed by atoms with E-state index in [1.54, 1.807) is 36.4 Å². The summed E-state index contributed by atoms with van der Waals surface area (Å²) in [5.41, 5.74) is 10.3. The summed E-state index contributed by atoms with van der Waals surface area (Å²) in [6, 6.07) is 15.3. The van der Waals surface area contributed by atoms with Crippen LogP contribution in [0.2, 0.25) is 0 Å². The lowest BCUT2D eigenvalue weighted by Crippen LogP contribution is -2.29. The SMILES string of the molecule is COc1ccc(-c2cc(C(=O)NCC(=O)O)ccc2CN2CCc3cc(C(=N)N)ccc32)c(C(=O)O)c1. The lowest BCUT2D eigenvalue weighted by atomic mass is 9.92. The first kappa shape index (κ1) is 25.2. The number of rotatable bonds is 9. The quantitative estimate of drug-likeness (QED) is 0.220. The molecule has 1 heterocycles. The number of aromatic carboxylic acids is 1. The summed E-state index contributed by atoms with van der Waals surface area (Å²) in [4.78, 5) is 37.8. The molecule has 37 heavy (non-hydrogen) atoms. The summed E-state index contributed by atoms with van der Waals surface area (Å²) >= 11 is 0. The van der Waals surface area contributed by atoms with E-state index >= 15 is 0 Å². The molecule has 0 saturated heterocycles. The van der Waals surface area contributed by atoms with Gasteiger partial charge in [0.2, 0.25) is 0 Å². The average molecular weight is 503 g/mol. The first-order valence-electron chi connectivity index (χ1n) is 11.4. The van der Waals surface area contributed by atoms with Crippen molar-refractivity contribution in [2.45, 2.75) is 13.0 Å². The first-order chi connectivity index (χ1) is 17.7. The average Bonchev–Trinajstić information content (AvgIpc) is 3.28. The van der Waals surface area contributed by atoms with Gasteiger partial charge in [0.25, 0.3) is 5.91 Å². The van der Waals surface area contributed by atoms with Crippen LogP contribution in [0.1, 0.15) is 37.4 Å². The molecule has 4 rings (SSSR count). The smallest absolute Gasteiger partial charge is 0.336 e. The molecule has 190 valence electrons. The summed E-state index contributed by atoms with van der Waals surface area (Å²) < 4.78 is 5.20. The molecule has 10 heteroatoms. The number of carbonyl (C=O) groups is 3. The molecule has 1 aliphatic rings. The normalized spacial score (nSPS) is 12.1. The number of fused-ring (bicyclic) bond motifs is 1. The maximum absolute atomic E-state index is 12.6. The maximum atomic E-state index is 12.6. The topological polar surface area (TPSA) is 166 Å². The Morgan fingerprint density at radius 3 is 2.46 bits per heavy atom. The summed E-state index contributed by atoms with van der Waals surface area (Å²) in [5, 5.41) is 28.8. The summed E-state index contributed by atoms with van der Waals surface area (Å²) in [6.07, 6.45) is 0.768. The molecule has 0 unspecified atom stereocenters. The minimum Gasteiger partial charge on any atom is -0.497 e. The van der Waals surface area contributed by atoms with Crippen LogP contribution in [-0.2, 0) is 17.8 Å². The second-order valence-corrected chi connectivity index (χ2v) is 8.59. The molecule has 0 radical (unpaired) electrons. The molecular weight excluding hydrogens is 476 g/mol. The molecule has 0 spiro atoms. The maximum Gasteiger partial charge on any atom is 0.336 e. The lowest BCUT2D eigenvalue weighted by molar-refractivity contribution is -0.135. The van der Waals surface area contributed by atoms with Gasteiger partial charge >= 0.3 is 11.9 Å². The molecule has 0 atom stereocenters. The number of amides is 1. The number of hydrogen-bond donors (Lipinski definition) is 5. The molecule has 0 bridgehead atoms. The van der Waals surface area contributed by atoms with Crippen LogP contribution in [0.25, 0.3) is 11.1 Å². The lowest BCUT2D eigenvalue weighted by Gasteiger charge is -2.23. The first-order valence-corrected chi connectivity index (χ1v) is 11.4. The predicted octanol–water partition coefficient (Wildman–Crippen LogP) is 2.72. The number of benzene rings is 3. The fraction of sp³-hybridized carbons (Fsp3) is 0.185. The van der Waals surface area contributed by atoms with Gasteiger partial charge in [0, 0.05) is 29.9 Å². The van der Waals surface area contributed by atoms with Gasteiger partial charge in [0.05, 0.1) is 12.7 Å². The van der Waals surface area contributed by atoms with Crippen molar-refractivity contribution in [2.75, 3.05) is 25.1 Å². The van der Waals surface area contributed by atoms with Crippen molar-refractivity contribution in [1.82, 2.24) is 5.32 Å². The number of methoxy groups -OCH3 is 1. The molecule has 10 nitrogen and oxygen atoms in total. The number of carbonyl (C=O) groups excluding carboxylic acids is 1. The van der Waals surface area contributed by atoms with Crippen LogP contribution in [0.4, 0.5) is 5.69 Å². The van der Waals surface area contributed by atoms with Gasteiger partial charge in [-0.15, -0.1) is 0 Å². The van der Waals surface area contributed by atoms with E-state index in [0.29, 0.717) is 35.5 Å². The van der Waals surface area contributed by atoms with Gasteiger partial charge in [-0.2, -0.15) is 0 Å². The zero-order valence-electron chi connectivity index (χ0n) is 20.1. The number of carboxylic acid groups (broad SMARTS) is 2. The second-order valence-electron chi connectivity index (χ2n) is 8.59. The third-order valence-corrected chi connectivity index (χ3v) is 6.26. The Bertz CT molecular complexity index is 1420. The van der Waals surface area contributed by atoms with Gasteiger partial charge in [0.1, 0.15) is 18.1 Å². The molecule has 0 aliphatic carbocycles. The third kappa shape index (κ3) is 5.37. The van der Waals surface area contributed by atoms with Gasteiger partial charge in [-0.3, -0.25) is 15.0 Å². The van der Waals surface area contributed by atoms with Gasteiger partial charge in [-0.05, 0) is 77.2 Å². The minimum absolute atomic E-state index is 0.000931. The molecule has 0 fully saturated rings. The summed E-state index contributed by atoms with van der Waals surface area (Å²) in [5.74, 6) is -2.52. The number of nitrogens with one attached hydrogen (secondary N) is 2. The van der Waals surface area contributed by atoms with Crippen molar-refractivity contribution in [3.8, 4) is 16.9 Å². The van der Waals surface area contributed by atoms with E-state index in [0.717, 1.165) is 23.2 Å². The number of hydrogen-bond acceptors (Lipinski definition) is 6. The van der Waals surface area contributed by atoms with Crippen molar-refractivity contribution in [1.29, 1.82) is 5.41 Å². The van der Waals surface area contributed by atoms with Crippen LogP contribution in [0, 0.1) is 5.41 Å². The third-order valence-electron chi connectivity index (χ3n) is 6.26. The van der Waals surface area contributed by atoms with Gasteiger partial charge in [-0.25, -0.2) is 4.79 Å². The van der Waals surface area contributed by atoms with E-state index in [1.165, 1.54) is 13.2 Å². The number of aliphatic carboxylic acids is 1. The highest BCUT2D eigenvalue weighted by Crippen LogP contribution is 2.35. The van der Waals surface area contributed by atoms with Crippen LogP contribution in [-0.4, -0.2) is 54.1 Å². The molecule has 1 aliphatic heterocycles. The Hall–Kier alpha value is -4.86. The molecule has 0 aromatic heterocycles. The number of nitrogen functional groups attached to an aromatic ring is 1. The molecule has 3 aromatic carbocycles. The molecule has 1 amide bonds. The Labute approximate surface area is 212 Å². The number of nitrogens with two attached hydrogens (primary N) is 1. The van der Waals surface area contributed by atoms with E-state index < -0.39 is 24.4 Å². The highest BCUT2D eigenvalue weighted by Gasteiger charge is 2.23. The zero-order chi connectivity index (χ0) is 26.7. The van der Waals surface area contributed by atoms with Crippen molar-refractivity contribution in [2.24, 2.45) is 5.73 Å². The Morgan fingerprint density at radius 2 is 1.78 bits per heavy atom. The molecule has 0 saturated carbocycles. The van der Waals surface area contributed by atoms with Crippen LogP contribution < -0.4 is 20.7 Å². The Morgan fingerprint density at radius 1 is 1.03 bits per heavy atom. The number of carboxylic acids is 2. The van der Waals surface area contributed by atoms with E-state index in [2.05, 4.69) is 10.2 Å². The Balaban J connectivity index is 1.77. The summed E-state index contributed by atoms with van der Waals surface area (Å²) in [6.45, 7) is 0.612. The minimum atomic E-state index is -1.17. The van der Waals surface area contributed by atoms with E-state index in [-0.39, 0.29) is 17.0 Å². The van der Waals surface area contributed by atoms with Crippen molar-refractivity contribution in [3.63, 3.8) is 0 Å². The van der Waals surface area contributed by atoms with E-state index in [4.69, 9.17) is 21.0 Å². The fourth-order valence-corrected chi connectivity index (χ4v) is 4.43. The van der Waals surface area contributed by atoms with Crippen molar-refractivity contribution in [3.05, 3.63) is 82.4 Å². The van der Waals surface area contributed by atoms with E-state index in [1.807, 2.05) is 12.1 Å². The van der Waals surface area contributed by atoms with Gasteiger partial charge in [0.15, 0.2) is 0 Å². The number of ether oxygens (including phenoxy) is 1. The standard InChI is InChI=1S/C27H26N4O6/c1-37-19-5-6-20(22(12-19)27(35)36)21-11-17(26(34)30-13-24(32)33)2-3-18(21)14-31-9-8-15-10-16(25(28)29)4-7-23(15)31/h2-7,10-12H,8-9,13-14H2,1H3,(H3,28,29)(H,30,34)(H,32,33)(H,35,36). The largest absolute Gasteiger partial charge is 0.497 e. The van der Waals surface area contributed by atoms with Gasteiger partial charge in [-0.1, -0.05) is 6.07 Å². The van der Waals surface area contributed by atoms with Crippen LogP contribution in [0.5, 0.6) is 5.75 Å². The predicted molar refractivity (Wildman–Crippen MR) is 138 cm³/mol. The summed E-state index contributed by atoms with van der Waals surface area (Å²) in [7, 11) is 1.45. The van der Waals surface area contributed by atoms with Crippen LogP contribution in [0.3, 0.4) is 0 Å².